The molecule has 3 nitrogen and oxygen atoms in total. The van der Waals surface area contributed by atoms with Crippen LogP contribution in [0.25, 0.3) is 0 Å². The van der Waals surface area contributed by atoms with E-state index in [1.807, 2.05) is 0 Å². The Kier molecular flexibility index (Phi) is 4.85. The van der Waals surface area contributed by atoms with Crippen molar-refractivity contribution in [3.63, 3.8) is 0 Å². The fourth-order valence-electron chi connectivity index (χ4n) is 1.81. The van der Waals surface area contributed by atoms with Crippen LogP contribution in [-0.4, -0.2) is 55.6 Å². The van der Waals surface area contributed by atoms with Crippen LogP contribution >= 0.6 is 0 Å². The minimum absolute atomic E-state index is 0.350. The van der Waals surface area contributed by atoms with Gasteiger partial charge in [-0.3, -0.25) is 4.90 Å². The number of hydrogen-bond acceptors (Lipinski definition) is 3. The van der Waals surface area contributed by atoms with Crippen molar-refractivity contribution in [3.8, 4) is 0 Å². The monoisotopic (exact) mass is 199 g/mol. The maximum Gasteiger partial charge on any atom is 0.0193 e. The lowest BCUT2D eigenvalue weighted by Crippen LogP contribution is -2.49. The molecule has 1 aliphatic heterocycles. The molecule has 0 aromatic rings. The highest BCUT2D eigenvalue weighted by molar-refractivity contribution is 4.76. The average Bonchev–Trinajstić information content (AvgIpc) is 2.20. The lowest BCUT2D eigenvalue weighted by atomic mass is 9.99. The minimum Gasteiger partial charge on any atom is -0.326 e. The van der Waals surface area contributed by atoms with Crippen molar-refractivity contribution >= 4 is 0 Å². The second-order valence-electron chi connectivity index (χ2n) is 4.65. The fraction of sp³-hybridized carbons (Fsp3) is 1.00. The molecule has 0 amide bonds. The summed E-state index contributed by atoms with van der Waals surface area (Å²) in [7, 11) is 2.19. The van der Waals surface area contributed by atoms with E-state index >= 15 is 0 Å². The maximum atomic E-state index is 6.14. The molecule has 14 heavy (non-hydrogen) atoms. The zero-order valence-corrected chi connectivity index (χ0v) is 9.87. The zero-order chi connectivity index (χ0) is 10.6. The van der Waals surface area contributed by atoms with Gasteiger partial charge < -0.3 is 10.6 Å². The molecule has 1 saturated heterocycles. The van der Waals surface area contributed by atoms with Crippen LogP contribution in [0.15, 0.2) is 0 Å². The van der Waals surface area contributed by atoms with Gasteiger partial charge >= 0.3 is 0 Å². The van der Waals surface area contributed by atoms with Crippen LogP contribution in [0.1, 0.15) is 20.3 Å². The third-order valence-corrected chi connectivity index (χ3v) is 3.44. The van der Waals surface area contributed by atoms with Gasteiger partial charge in [0.2, 0.25) is 0 Å². The molecule has 0 radical (unpaired) electrons. The Balaban J connectivity index is 2.23. The summed E-state index contributed by atoms with van der Waals surface area (Å²) in [5, 5.41) is 0. The van der Waals surface area contributed by atoms with Crippen molar-refractivity contribution in [2.24, 2.45) is 11.7 Å². The molecule has 0 spiro atoms. The van der Waals surface area contributed by atoms with E-state index in [0.29, 0.717) is 12.0 Å². The molecule has 0 aromatic heterocycles. The Bertz CT molecular complexity index is 153. The summed E-state index contributed by atoms with van der Waals surface area (Å²) >= 11 is 0. The Morgan fingerprint density at radius 1 is 1.21 bits per heavy atom. The first-order valence-electron chi connectivity index (χ1n) is 5.80. The van der Waals surface area contributed by atoms with Gasteiger partial charge in [-0.05, 0) is 13.0 Å². The topological polar surface area (TPSA) is 32.5 Å². The molecule has 2 unspecified atom stereocenters. The van der Waals surface area contributed by atoms with Crippen LogP contribution in [-0.2, 0) is 0 Å². The molecular weight excluding hydrogens is 174 g/mol. The van der Waals surface area contributed by atoms with E-state index in [4.69, 9.17) is 5.73 Å². The highest BCUT2D eigenvalue weighted by Gasteiger charge is 2.18. The third kappa shape index (κ3) is 3.56. The second kappa shape index (κ2) is 5.69. The smallest absolute Gasteiger partial charge is 0.0193 e. The number of piperazine rings is 1. The minimum atomic E-state index is 0.350. The van der Waals surface area contributed by atoms with Gasteiger partial charge in [0.15, 0.2) is 0 Å². The standard InChI is InChI=1S/C11H25N3/c1-4-10(2)11(12)9-14-7-5-13(3)6-8-14/h10-11H,4-9,12H2,1-3H3. The molecule has 1 fully saturated rings. The van der Waals surface area contributed by atoms with Crippen LogP contribution < -0.4 is 5.73 Å². The van der Waals surface area contributed by atoms with Crippen molar-refractivity contribution in [1.29, 1.82) is 0 Å². The fourth-order valence-corrected chi connectivity index (χ4v) is 1.81. The van der Waals surface area contributed by atoms with Gasteiger partial charge in [-0.2, -0.15) is 0 Å². The van der Waals surface area contributed by atoms with E-state index in [2.05, 4.69) is 30.7 Å². The molecule has 84 valence electrons. The molecule has 2 N–H and O–H groups in total. The third-order valence-electron chi connectivity index (χ3n) is 3.44. The van der Waals surface area contributed by atoms with E-state index in [1.165, 1.54) is 32.6 Å². The molecule has 0 bridgehead atoms. The molecule has 1 aliphatic rings. The Morgan fingerprint density at radius 3 is 2.29 bits per heavy atom. The molecule has 3 heteroatoms. The first kappa shape index (κ1) is 12.0. The first-order valence-corrected chi connectivity index (χ1v) is 5.80. The molecule has 0 saturated carbocycles. The van der Waals surface area contributed by atoms with Crippen molar-refractivity contribution in [1.82, 2.24) is 9.80 Å². The molecule has 1 rings (SSSR count). The van der Waals surface area contributed by atoms with Gasteiger partial charge in [0.1, 0.15) is 0 Å². The van der Waals surface area contributed by atoms with Crippen LogP contribution in [0.5, 0.6) is 0 Å². The lowest BCUT2D eigenvalue weighted by molar-refractivity contribution is 0.139. The lowest BCUT2D eigenvalue weighted by Gasteiger charge is -2.35. The van der Waals surface area contributed by atoms with E-state index in [9.17, 15) is 0 Å². The highest BCUT2D eigenvalue weighted by atomic mass is 15.2. The second-order valence-corrected chi connectivity index (χ2v) is 4.65. The van der Waals surface area contributed by atoms with Gasteiger partial charge in [-0.15, -0.1) is 0 Å². The molecular formula is C11H25N3. The summed E-state index contributed by atoms with van der Waals surface area (Å²) in [6.07, 6.45) is 1.19. The number of likely N-dealkylation sites (N-methyl/N-ethyl adjacent to an activating group) is 1. The largest absolute Gasteiger partial charge is 0.326 e. The number of nitrogens with zero attached hydrogens (tertiary/aromatic N) is 2. The first-order chi connectivity index (χ1) is 6.63. The SMILES string of the molecule is CCC(C)C(N)CN1CCN(C)CC1. The summed E-state index contributed by atoms with van der Waals surface area (Å²) in [6.45, 7) is 10.3. The number of rotatable bonds is 4. The van der Waals surface area contributed by atoms with Crippen LogP contribution in [0.4, 0.5) is 0 Å². The predicted molar refractivity (Wildman–Crippen MR) is 61.4 cm³/mol. The maximum absolute atomic E-state index is 6.14. The van der Waals surface area contributed by atoms with Gasteiger partial charge in [-0.25, -0.2) is 0 Å². The number of hydrogen-bond donors (Lipinski definition) is 1. The Labute approximate surface area is 88.2 Å². The van der Waals surface area contributed by atoms with Crippen LogP contribution in [0.2, 0.25) is 0 Å². The van der Waals surface area contributed by atoms with Crippen LogP contribution in [0.3, 0.4) is 0 Å². The van der Waals surface area contributed by atoms with Crippen molar-refractivity contribution in [2.45, 2.75) is 26.3 Å². The quantitative estimate of drug-likeness (QED) is 0.720. The van der Waals surface area contributed by atoms with Crippen LogP contribution in [0, 0.1) is 5.92 Å². The van der Waals surface area contributed by atoms with Gasteiger partial charge in [0.05, 0.1) is 0 Å². The molecule has 1 heterocycles. The van der Waals surface area contributed by atoms with E-state index in [0.717, 1.165) is 6.54 Å². The Hall–Kier alpha value is -0.120. The van der Waals surface area contributed by atoms with E-state index in [-0.39, 0.29) is 0 Å². The van der Waals surface area contributed by atoms with Crippen molar-refractivity contribution in [3.05, 3.63) is 0 Å². The zero-order valence-electron chi connectivity index (χ0n) is 9.87. The summed E-state index contributed by atoms with van der Waals surface area (Å²) in [5.41, 5.74) is 6.14. The van der Waals surface area contributed by atoms with Gasteiger partial charge in [-0.1, -0.05) is 20.3 Å². The Morgan fingerprint density at radius 2 is 1.79 bits per heavy atom. The molecule has 2 atom stereocenters. The summed E-state index contributed by atoms with van der Waals surface area (Å²) < 4.78 is 0. The average molecular weight is 199 g/mol. The number of nitrogens with two attached hydrogens (primary N) is 1. The summed E-state index contributed by atoms with van der Waals surface area (Å²) in [5.74, 6) is 0.648. The van der Waals surface area contributed by atoms with E-state index in [1.54, 1.807) is 0 Å². The normalized spacial score (nSPS) is 24.9. The summed E-state index contributed by atoms with van der Waals surface area (Å²) in [6, 6.07) is 0.350. The van der Waals surface area contributed by atoms with Gasteiger partial charge in [0, 0.05) is 38.8 Å². The molecule has 0 aliphatic carbocycles. The van der Waals surface area contributed by atoms with Crippen molar-refractivity contribution in [2.75, 3.05) is 39.8 Å². The predicted octanol–water partition coefficient (Wildman–Crippen LogP) is 0.607. The van der Waals surface area contributed by atoms with Crippen molar-refractivity contribution < 1.29 is 0 Å². The summed E-state index contributed by atoms with van der Waals surface area (Å²) in [4.78, 5) is 4.88. The molecule has 0 aromatic carbocycles. The highest BCUT2D eigenvalue weighted by Crippen LogP contribution is 2.08. The van der Waals surface area contributed by atoms with E-state index < -0.39 is 0 Å². The van der Waals surface area contributed by atoms with Gasteiger partial charge in [0.25, 0.3) is 0 Å².